The van der Waals surface area contributed by atoms with Crippen molar-refractivity contribution in [2.45, 2.75) is 13.5 Å². The second-order valence-electron chi connectivity index (χ2n) is 6.45. The molecule has 142 valence electrons. The normalized spacial score (nSPS) is 14.8. The molecule has 1 aromatic carbocycles. The summed E-state index contributed by atoms with van der Waals surface area (Å²) < 4.78 is 4.98. The van der Waals surface area contributed by atoms with Gasteiger partial charge in [0.1, 0.15) is 5.82 Å². The molecule has 1 fully saturated rings. The van der Waals surface area contributed by atoms with E-state index in [0.29, 0.717) is 17.7 Å². The average molecular weight is 368 g/mol. The van der Waals surface area contributed by atoms with E-state index >= 15 is 0 Å². The van der Waals surface area contributed by atoms with Gasteiger partial charge in [-0.1, -0.05) is 12.1 Å². The minimum atomic E-state index is -0.406. The van der Waals surface area contributed by atoms with Crippen LogP contribution in [0.15, 0.2) is 42.6 Å². The number of rotatable bonds is 6. The Kier molecular flexibility index (Phi) is 6.03. The quantitative estimate of drug-likeness (QED) is 0.781. The van der Waals surface area contributed by atoms with Crippen LogP contribution in [0.2, 0.25) is 0 Å². The summed E-state index contributed by atoms with van der Waals surface area (Å²) in [6.45, 7) is 6.54. The van der Waals surface area contributed by atoms with E-state index in [1.807, 2.05) is 18.2 Å². The van der Waals surface area contributed by atoms with Crippen molar-refractivity contribution < 1.29 is 14.3 Å². The molecule has 2 aromatic rings. The highest BCUT2D eigenvalue weighted by atomic mass is 16.5. The van der Waals surface area contributed by atoms with Gasteiger partial charge in [-0.2, -0.15) is 0 Å². The molecule has 7 heteroatoms. The maximum atomic E-state index is 11.7. The van der Waals surface area contributed by atoms with Crippen molar-refractivity contribution in [2.24, 2.45) is 5.73 Å². The zero-order valence-corrected chi connectivity index (χ0v) is 15.4. The highest BCUT2D eigenvalue weighted by molar-refractivity contribution is 5.92. The first-order valence-electron chi connectivity index (χ1n) is 9.06. The highest BCUT2D eigenvalue weighted by Crippen LogP contribution is 2.16. The summed E-state index contributed by atoms with van der Waals surface area (Å²) in [4.78, 5) is 31.8. The third kappa shape index (κ3) is 4.83. The zero-order valence-electron chi connectivity index (χ0n) is 15.4. The molecule has 0 unspecified atom stereocenters. The van der Waals surface area contributed by atoms with Gasteiger partial charge in [0, 0.05) is 44.5 Å². The van der Waals surface area contributed by atoms with Crippen LogP contribution < -0.4 is 10.6 Å². The molecule has 0 atom stereocenters. The van der Waals surface area contributed by atoms with Gasteiger partial charge in [0.2, 0.25) is 5.91 Å². The Balaban J connectivity index is 1.52. The van der Waals surface area contributed by atoms with Crippen LogP contribution in [0, 0.1) is 0 Å². The first-order chi connectivity index (χ1) is 13.1. The van der Waals surface area contributed by atoms with Gasteiger partial charge in [0.05, 0.1) is 12.2 Å². The summed E-state index contributed by atoms with van der Waals surface area (Å²) in [5.74, 6) is 0.119. The van der Waals surface area contributed by atoms with Gasteiger partial charge >= 0.3 is 5.97 Å². The predicted molar refractivity (Wildman–Crippen MR) is 103 cm³/mol. The van der Waals surface area contributed by atoms with Gasteiger partial charge in [0.15, 0.2) is 0 Å². The molecule has 7 nitrogen and oxygen atoms in total. The predicted octanol–water partition coefficient (Wildman–Crippen LogP) is 1.68. The standard InChI is InChI=1S/C20H24N4O3/c1-2-27-20(26)17-7-8-18(22-13-17)24-11-9-23(10-12-24)14-15-3-5-16(6-4-15)19(21)25/h3-8,13H,2,9-12,14H2,1H3,(H2,21,25). The molecule has 0 spiro atoms. The van der Waals surface area contributed by atoms with E-state index in [4.69, 9.17) is 10.5 Å². The number of pyridine rings is 1. The fourth-order valence-electron chi connectivity index (χ4n) is 3.08. The summed E-state index contributed by atoms with van der Waals surface area (Å²) in [5, 5.41) is 0. The van der Waals surface area contributed by atoms with Crippen molar-refractivity contribution in [1.29, 1.82) is 0 Å². The van der Waals surface area contributed by atoms with E-state index < -0.39 is 5.91 Å². The van der Waals surface area contributed by atoms with Crippen molar-refractivity contribution in [1.82, 2.24) is 9.88 Å². The molecule has 2 N–H and O–H groups in total. The lowest BCUT2D eigenvalue weighted by Crippen LogP contribution is -2.46. The third-order valence-corrected chi connectivity index (χ3v) is 4.60. The minimum absolute atomic E-state index is 0.344. The Morgan fingerprint density at radius 3 is 2.26 bits per heavy atom. The topological polar surface area (TPSA) is 88.8 Å². The van der Waals surface area contributed by atoms with Crippen molar-refractivity contribution in [3.05, 3.63) is 59.3 Å². The lowest BCUT2D eigenvalue weighted by molar-refractivity contribution is 0.0525. The van der Waals surface area contributed by atoms with Crippen molar-refractivity contribution >= 4 is 17.7 Å². The van der Waals surface area contributed by atoms with Crippen LogP contribution in [0.25, 0.3) is 0 Å². The molecule has 1 amide bonds. The van der Waals surface area contributed by atoms with Gasteiger partial charge in [-0.05, 0) is 36.8 Å². The Morgan fingerprint density at radius 2 is 1.70 bits per heavy atom. The largest absolute Gasteiger partial charge is 0.462 e. The molecule has 0 saturated carbocycles. The smallest absolute Gasteiger partial charge is 0.339 e. The SMILES string of the molecule is CCOC(=O)c1ccc(N2CCN(Cc3ccc(C(N)=O)cc3)CC2)nc1. The van der Waals surface area contributed by atoms with E-state index in [1.54, 1.807) is 31.3 Å². The van der Waals surface area contributed by atoms with Crippen LogP contribution in [-0.2, 0) is 11.3 Å². The Morgan fingerprint density at radius 1 is 1.04 bits per heavy atom. The van der Waals surface area contributed by atoms with Gasteiger partial charge in [-0.15, -0.1) is 0 Å². The number of nitrogens with two attached hydrogens (primary N) is 1. The average Bonchev–Trinajstić information content (AvgIpc) is 2.69. The Labute approximate surface area is 158 Å². The second-order valence-corrected chi connectivity index (χ2v) is 6.45. The molecule has 1 aliphatic heterocycles. The summed E-state index contributed by atoms with van der Waals surface area (Å²) in [6.07, 6.45) is 1.57. The minimum Gasteiger partial charge on any atom is -0.462 e. The molecular weight excluding hydrogens is 344 g/mol. The highest BCUT2D eigenvalue weighted by Gasteiger charge is 2.18. The molecule has 0 bridgehead atoms. The van der Waals surface area contributed by atoms with Gasteiger partial charge in [-0.25, -0.2) is 9.78 Å². The monoisotopic (exact) mass is 368 g/mol. The van der Waals surface area contributed by atoms with Crippen LogP contribution in [0.4, 0.5) is 5.82 Å². The number of benzene rings is 1. The molecule has 27 heavy (non-hydrogen) atoms. The number of esters is 1. The van der Waals surface area contributed by atoms with Crippen molar-refractivity contribution in [3.8, 4) is 0 Å². The van der Waals surface area contributed by atoms with Gasteiger partial charge in [0.25, 0.3) is 0 Å². The van der Waals surface area contributed by atoms with Crippen LogP contribution in [0.5, 0.6) is 0 Å². The van der Waals surface area contributed by atoms with E-state index in [9.17, 15) is 9.59 Å². The first-order valence-corrected chi connectivity index (χ1v) is 9.06. The number of primary amides is 1. The lowest BCUT2D eigenvalue weighted by atomic mass is 10.1. The van der Waals surface area contributed by atoms with E-state index in [1.165, 1.54) is 0 Å². The van der Waals surface area contributed by atoms with Crippen molar-refractivity contribution in [3.63, 3.8) is 0 Å². The van der Waals surface area contributed by atoms with Crippen LogP contribution >= 0.6 is 0 Å². The zero-order chi connectivity index (χ0) is 19.2. The number of carbonyl (C=O) groups is 2. The van der Waals surface area contributed by atoms with Gasteiger partial charge < -0.3 is 15.4 Å². The second kappa shape index (κ2) is 8.64. The summed E-state index contributed by atoms with van der Waals surface area (Å²) in [5.41, 5.74) is 7.43. The fourth-order valence-corrected chi connectivity index (χ4v) is 3.08. The summed E-state index contributed by atoms with van der Waals surface area (Å²) in [6, 6.07) is 11.0. The lowest BCUT2D eigenvalue weighted by Gasteiger charge is -2.35. The fraction of sp³-hybridized carbons (Fsp3) is 0.350. The summed E-state index contributed by atoms with van der Waals surface area (Å²) in [7, 11) is 0. The van der Waals surface area contributed by atoms with Crippen LogP contribution in [-0.4, -0.2) is 54.5 Å². The Bertz CT molecular complexity index is 782. The molecule has 1 aromatic heterocycles. The molecule has 1 saturated heterocycles. The molecule has 0 aliphatic carbocycles. The van der Waals surface area contributed by atoms with E-state index in [0.717, 1.165) is 44.1 Å². The number of piperazine rings is 1. The van der Waals surface area contributed by atoms with Crippen molar-refractivity contribution in [2.75, 3.05) is 37.7 Å². The maximum absolute atomic E-state index is 11.7. The number of hydrogen-bond acceptors (Lipinski definition) is 6. The third-order valence-electron chi connectivity index (χ3n) is 4.60. The van der Waals surface area contributed by atoms with Crippen LogP contribution in [0.1, 0.15) is 33.2 Å². The molecule has 1 aliphatic rings. The Hall–Kier alpha value is -2.93. The number of carbonyl (C=O) groups excluding carboxylic acids is 2. The van der Waals surface area contributed by atoms with E-state index in [-0.39, 0.29) is 5.97 Å². The molecular formula is C20H24N4O3. The van der Waals surface area contributed by atoms with E-state index in [2.05, 4.69) is 14.8 Å². The van der Waals surface area contributed by atoms with Gasteiger partial charge in [-0.3, -0.25) is 9.69 Å². The summed E-state index contributed by atoms with van der Waals surface area (Å²) >= 11 is 0. The number of ether oxygens (including phenoxy) is 1. The maximum Gasteiger partial charge on any atom is 0.339 e. The number of aromatic nitrogens is 1. The number of anilines is 1. The molecule has 0 radical (unpaired) electrons. The molecule has 3 rings (SSSR count). The number of amides is 1. The number of hydrogen-bond donors (Lipinski definition) is 1. The van der Waals surface area contributed by atoms with Crippen LogP contribution in [0.3, 0.4) is 0 Å². The molecule has 2 heterocycles. The number of nitrogens with zero attached hydrogens (tertiary/aromatic N) is 3. The first kappa shape index (κ1) is 18.8.